The topological polar surface area (TPSA) is 57.5 Å². The Balaban J connectivity index is 0. The molecule has 0 aromatic rings. The minimum Gasteiger partial charge on any atom is -0.285 e. The van der Waals surface area contributed by atoms with E-state index in [9.17, 15) is 0 Å². The van der Waals surface area contributed by atoms with Gasteiger partial charge in [-0.25, -0.2) is 0 Å². The van der Waals surface area contributed by atoms with Crippen LogP contribution in [0.2, 0.25) is 0 Å². The third kappa shape index (κ3) is 58.5. The first-order chi connectivity index (χ1) is 2.00. The molecule has 6 heteroatoms. The summed E-state index contributed by atoms with van der Waals surface area (Å²) in [5.74, 6) is 0. The Morgan fingerprint density at radius 1 is 1.50 bits per heavy atom. The summed E-state index contributed by atoms with van der Waals surface area (Å²) >= 11 is 3.47. The van der Waals surface area contributed by atoms with Crippen LogP contribution in [0.5, 0.6) is 0 Å². The molecule has 0 rings (SSSR count). The average molecular weight is 137 g/mol. The molecule has 0 bridgehead atoms. The van der Waals surface area contributed by atoms with E-state index in [1.165, 1.54) is 0 Å². The van der Waals surface area contributed by atoms with E-state index < -0.39 is 9.05 Å². The molecule has 0 aliphatic heterocycles. The predicted octanol–water partition coefficient (Wildman–Crippen LogP) is -0.702. The molecular formula is H2NaO3S2. The Labute approximate surface area is 62.7 Å². The van der Waals surface area contributed by atoms with Gasteiger partial charge in [0.05, 0.1) is 0 Å². The Hall–Kier alpha value is 1.29. The molecule has 2 N–H and O–H groups in total. The van der Waals surface area contributed by atoms with Gasteiger partial charge in [-0.2, -0.15) is 4.21 Å². The first kappa shape index (κ1) is 10.3. The van der Waals surface area contributed by atoms with Gasteiger partial charge in [-0.05, 0) is 0 Å². The van der Waals surface area contributed by atoms with Crippen molar-refractivity contribution in [1.29, 1.82) is 0 Å². The van der Waals surface area contributed by atoms with Gasteiger partial charge < -0.3 is 0 Å². The Bertz CT molecular complexity index is 92.0. The standard InChI is InChI=1S/Na.H2O3S2/c;1-5(2,3)4/h;(H2,1,2,3,4). The minimum atomic E-state index is -3.83. The second-order valence-electron chi connectivity index (χ2n) is 0.448. The maximum atomic E-state index is 9.11. The van der Waals surface area contributed by atoms with Crippen LogP contribution in [-0.4, -0.2) is 42.9 Å². The van der Waals surface area contributed by atoms with Crippen molar-refractivity contribution in [1.82, 2.24) is 0 Å². The van der Waals surface area contributed by atoms with Gasteiger partial charge in [0.2, 0.25) is 0 Å². The maximum Gasteiger partial charge on any atom is 0.263 e. The van der Waals surface area contributed by atoms with Gasteiger partial charge in [-0.3, -0.25) is 9.11 Å². The van der Waals surface area contributed by atoms with Crippen LogP contribution in [0.25, 0.3) is 0 Å². The molecule has 0 aliphatic carbocycles. The van der Waals surface area contributed by atoms with E-state index in [0.717, 1.165) is 0 Å². The van der Waals surface area contributed by atoms with Crippen molar-refractivity contribution in [3.05, 3.63) is 0 Å². The summed E-state index contributed by atoms with van der Waals surface area (Å²) in [4.78, 5) is 0. The van der Waals surface area contributed by atoms with Crippen molar-refractivity contribution >= 4 is 49.8 Å². The van der Waals surface area contributed by atoms with E-state index >= 15 is 0 Å². The van der Waals surface area contributed by atoms with Gasteiger partial charge in [-0.15, -0.1) is 0 Å². The smallest absolute Gasteiger partial charge is 0.263 e. The molecule has 0 atom stereocenters. The molecule has 0 unspecified atom stereocenters. The van der Waals surface area contributed by atoms with Crippen molar-refractivity contribution in [2.75, 3.05) is 0 Å². The quantitative estimate of drug-likeness (QED) is 0.433. The Morgan fingerprint density at radius 2 is 1.50 bits per heavy atom. The zero-order valence-electron chi connectivity index (χ0n) is 3.12. The molecule has 0 spiro atoms. The number of hydrogen-bond donors (Lipinski definition) is 2. The predicted molar refractivity (Wildman–Crippen MR) is 26.5 cm³/mol. The summed E-state index contributed by atoms with van der Waals surface area (Å²) in [5.41, 5.74) is 0. The van der Waals surface area contributed by atoms with Crippen molar-refractivity contribution in [2.45, 2.75) is 0 Å². The molecule has 0 aliphatic rings. The SMILES string of the molecule is O=S(O)(O)=S.[Na]. The summed E-state index contributed by atoms with van der Waals surface area (Å²) in [7, 11) is -3.83. The normalized spacial score (nSPS) is 9.67. The van der Waals surface area contributed by atoms with E-state index in [-0.39, 0.29) is 29.6 Å². The molecule has 3 nitrogen and oxygen atoms in total. The summed E-state index contributed by atoms with van der Waals surface area (Å²) < 4.78 is 24.0. The van der Waals surface area contributed by atoms with E-state index in [1.54, 1.807) is 0 Å². The van der Waals surface area contributed by atoms with Crippen LogP contribution >= 0.6 is 0 Å². The maximum absolute atomic E-state index is 9.11. The van der Waals surface area contributed by atoms with Crippen molar-refractivity contribution in [3.63, 3.8) is 0 Å². The zero-order chi connectivity index (χ0) is 4.50. The van der Waals surface area contributed by atoms with Crippen LogP contribution in [0.4, 0.5) is 0 Å². The first-order valence-electron chi connectivity index (χ1n) is 0.698. The van der Waals surface area contributed by atoms with E-state index in [0.29, 0.717) is 0 Å². The summed E-state index contributed by atoms with van der Waals surface area (Å²) in [5, 5.41) is 0. The largest absolute Gasteiger partial charge is 0.285 e. The molecule has 6 heavy (non-hydrogen) atoms. The van der Waals surface area contributed by atoms with Crippen LogP contribution in [0, 0.1) is 0 Å². The van der Waals surface area contributed by atoms with E-state index in [1.807, 2.05) is 0 Å². The second kappa shape index (κ2) is 3.31. The van der Waals surface area contributed by atoms with Gasteiger partial charge in [0.25, 0.3) is 9.05 Å². The van der Waals surface area contributed by atoms with Crippen LogP contribution in [0.15, 0.2) is 0 Å². The van der Waals surface area contributed by atoms with Crippen molar-refractivity contribution in [2.24, 2.45) is 0 Å². The van der Waals surface area contributed by atoms with Gasteiger partial charge in [0.1, 0.15) is 0 Å². The van der Waals surface area contributed by atoms with Crippen molar-refractivity contribution < 1.29 is 13.3 Å². The molecule has 33 valence electrons. The summed E-state index contributed by atoms with van der Waals surface area (Å²) in [6.07, 6.45) is 0. The van der Waals surface area contributed by atoms with Gasteiger partial charge >= 0.3 is 0 Å². The van der Waals surface area contributed by atoms with Gasteiger partial charge in [0, 0.05) is 40.7 Å². The molecule has 0 amide bonds. The molecule has 0 heterocycles. The number of hydrogen-bond acceptors (Lipinski definition) is 2. The minimum absolute atomic E-state index is 0. The average Bonchev–Trinajstić information content (AvgIpc) is 0.722. The van der Waals surface area contributed by atoms with Crippen LogP contribution in [0.1, 0.15) is 0 Å². The fourth-order valence-electron chi connectivity index (χ4n) is 0. The molecule has 1 radical (unpaired) electrons. The van der Waals surface area contributed by atoms with E-state index in [4.69, 9.17) is 13.3 Å². The third-order valence-corrected chi connectivity index (χ3v) is 0. The second-order valence-corrected chi connectivity index (χ2v) is 2.65. The summed E-state index contributed by atoms with van der Waals surface area (Å²) in [6, 6.07) is 0. The monoisotopic (exact) mass is 137 g/mol. The van der Waals surface area contributed by atoms with Crippen LogP contribution in [-0.2, 0) is 20.2 Å². The number of rotatable bonds is 0. The molecule has 0 aromatic heterocycles. The fourth-order valence-corrected chi connectivity index (χ4v) is 0. The molecular weight excluding hydrogens is 135 g/mol. The fraction of sp³-hybridized carbons (Fsp3) is 0. The first-order valence-corrected chi connectivity index (χ1v) is 3.10. The van der Waals surface area contributed by atoms with Gasteiger partial charge in [0.15, 0.2) is 0 Å². The van der Waals surface area contributed by atoms with Crippen LogP contribution in [0.3, 0.4) is 0 Å². The molecule has 0 aromatic carbocycles. The summed E-state index contributed by atoms with van der Waals surface area (Å²) in [6.45, 7) is 0. The van der Waals surface area contributed by atoms with Gasteiger partial charge in [-0.1, -0.05) is 0 Å². The van der Waals surface area contributed by atoms with Crippen LogP contribution < -0.4 is 0 Å². The van der Waals surface area contributed by atoms with Crippen molar-refractivity contribution in [3.8, 4) is 0 Å². The third-order valence-electron chi connectivity index (χ3n) is 0. The van der Waals surface area contributed by atoms with E-state index in [2.05, 4.69) is 11.2 Å². The molecule has 0 saturated carbocycles. The molecule has 0 fully saturated rings. The Kier molecular flexibility index (Phi) is 5.69. The zero-order valence-corrected chi connectivity index (χ0v) is 6.75. The molecule has 0 saturated heterocycles. The Morgan fingerprint density at radius 3 is 1.50 bits per heavy atom.